The van der Waals surface area contributed by atoms with Crippen LogP contribution in [0.15, 0.2) is 48.5 Å². The highest BCUT2D eigenvalue weighted by molar-refractivity contribution is 5.97. The molecule has 0 aliphatic carbocycles. The SMILES string of the molecule is CC(OC(=O)c1ccc(CNC(N)=O)cc1)C(=O)Nc1ccc(N2CCOCC2)cc1. The fourth-order valence-corrected chi connectivity index (χ4v) is 3.05. The van der Waals surface area contributed by atoms with Gasteiger partial charge in [-0.2, -0.15) is 0 Å². The molecule has 31 heavy (non-hydrogen) atoms. The Morgan fingerprint density at radius 1 is 1.06 bits per heavy atom. The lowest BCUT2D eigenvalue weighted by molar-refractivity contribution is -0.123. The molecule has 2 aromatic rings. The number of nitrogens with two attached hydrogens (primary N) is 1. The topological polar surface area (TPSA) is 123 Å². The number of hydrogen-bond donors (Lipinski definition) is 3. The Morgan fingerprint density at radius 2 is 1.71 bits per heavy atom. The molecule has 3 amide bonds. The lowest BCUT2D eigenvalue weighted by atomic mass is 10.1. The number of nitrogens with one attached hydrogen (secondary N) is 2. The second-order valence-electron chi connectivity index (χ2n) is 7.10. The highest BCUT2D eigenvalue weighted by Gasteiger charge is 2.19. The molecule has 1 unspecified atom stereocenters. The van der Waals surface area contributed by atoms with Gasteiger partial charge in [0.25, 0.3) is 5.91 Å². The molecule has 0 bridgehead atoms. The minimum absolute atomic E-state index is 0.258. The monoisotopic (exact) mass is 426 g/mol. The summed E-state index contributed by atoms with van der Waals surface area (Å²) in [6.07, 6.45) is -0.970. The summed E-state index contributed by atoms with van der Waals surface area (Å²) >= 11 is 0. The van der Waals surface area contributed by atoms with Crippen LogP contribution in [0.4, 0.5) is 16.2 Å². The highest BCUT2D eigenvalue weighted by Crippen LogP contribution is 2.19. The van der Waals surface area contributed by atoms with Gasteiger partial charge in [-0.05, 0) is 48.9 Å². The summed E-state index contributed by atoms with van der Waals surface area (Å²) in [6, 6.07) is 13.4. The minimum Gasteiger partial charge on any atom is -0.449 e. The van der Waals surface area contributed by atoms with Crippen molar-refractivity contribution in [2.75, 3.05) is 36.5 Å². The van der Waals surface area contributed by atoms with E-state index in [0.29, 0.717) is 24.5 Å². The summed E-state index contributed by atoms with van der Waals surface area (Å²) in [4.78, 5) is 37.7. The molecule has 164 valence electrons. The number of ether oxygens (including phenoxy) is 2. The van der Waals surface area contributed by atoms with Crippen molar-refractivity contribution in [2.24, 2.45) is 5.73 Å². The second-order valence-corrected chi connectivity index (χ2v) is 7.10. The van der Waals surface area contributed by atoms with Crippen molar-refractivity contribution in [1.29, 1.82) is 0 Å². The summed E-state index contributed by atoms with van der Waals surface area (Å²) in [7, 11) is 0. The van der Waals surface area contributed by atoms with Crippen LogP contribution in [0.3, 0.4) is 0 Å². The maximum Gasteiger partial charge on any atom is 0.338 e. The number of morpholine rings is 1. The average molecular weight is 426 g/mol. The minimum atomic E-state index is -0.970. The lowest BCUT2D eigenvalue weighted by Crippen LogP contribution is -2.36. The van der Waals surface area contributed by atoms with Crippen LogP contribution in [0.1, 0.15) is 22.8 Å². The van der Waals surface area contributed by atoms with E-state index in [4.69, 9.17) is 15.2 Å². The summed E-state index contributed by atoms with van der Waals surface area (Å²) < 4.78 is 10.6. The van der Waals surface area contributed by atoms with E-state index in [1.807, 2.05) is 24.3 Å². The van der Waals surface area contributed by atoms with Gasteiger partial charge in [0.1, 0.15) is 0 Å². The number of anilines is 2. The molecule has 9 nitrogen and oxygen atoms in total. The first kappa shape index (κ1) is 22.1. The van der Waals surface area contributed by atoms with Crippen LogP contribution < -0.4 is 21.3 Å². The third kappa shape index (κ3) is 6.45. The molecule has 3 rings (SSSR count). The van der Waals surface area contributed by atoms with Gasteiger partial charge in [0.2, 0.25) is 0 Å². The number of hydrogen-bond acceptors (Lipinski definition) is 6. The van der Waals surface area contributed by atoms with E-state index in [9.17, 15) is 14.4 Å². The van der Waals surface area contributed by atoms with Gasteiger partial charge in [0.05, 0.1) is 18.8 Å². The quantitative estimate of drug-likeness (QED) is 0.581. The molecule has 1 aliphatic heterocycles. The number of primary amides is 1. The lowest BCUT2D eigenvalue weighted by Gasteiger charge is -2.28. The Labute approximate surface area is 180 Å². The Bertz CT molecular complexity index is 909. The third-order valence-corrected chi connectivity index (χ3v) is 4.82. The summed E-state index contributed by atoms with van der Waals surface area (Å²) in [6.45, 7) is 4.85. The van der Waals surface area contributed by atoms with Crippen LogP contribution in [0, 0.1) is 0 Å². The van der Waals surface area contributed by atoms with Crippen molar-refractivity contribution in [2.45, 2.75) is 19.6 Å². The van der Waals surface area contributed by atoms with Crippen molar-refractivity contribution in [3.63, 3.8) is 0 Å². The summed E-state index contributed by atoms with van der Waals surface area (Å²) in [5.41, 5.74) is 7.80. The first-order chi connectivity index (χ1) is 14.9. The second kappa shape index (κ2) is 10.4. The third-order valence-electron chi connectivity index (χ3n) is 4.82. The first-order valence-electron chi connectivity index (χ1n) is 9.99. The van der Waals surface area contributed by atoms with Gasteiger partial charge < -0.3 is 30.7 Å². The summed E-state index contributed by atoms with van der Waals surface area (Å²) in [5.74, 6) is -1.03. The number of benzene rings is 2. The predicted molar refractivity (Wildman–Crippen MR) is 116 cm³/mol. The number of rotatable bonds is 7. The van der Waals surface area contributed by atoms with Gasteiger partial charge in [-0.25, -0.2) is 9.59 Å². The van der Waals surface area contributed by atoms with Crippen LogP contribution in [-0.4, -0.2) is 50.3 Å². The molecular weight excluding hydrogens is 400 g/mol. The van der Waals surface area contributed by atoms with E-state index >= 15 is 0 Å². The number of nitrogens with zero attached hydrogens (tertiary/aromatic N) is 1. The number of carbonyl (C=O) groups is 3. The largest absolute Gasteiger partial charge is 0.449 e. The molecule has 1 fully saturated rings. The van der Waals surface area contributed by atoms with Crippen molar-refractivity contribution in [1.82, 2.24) is 5.32 Å². The summed E-state index contributed by atoms with van der Waals surface area (Å²) in [5, 5.41) is 5.22. The molecule has 1 saturated heterocycles. The van der Waals surface area contributed by atoms with E-state index in [2.05, 4.69) is 15.5 Å². The molecule has 1 aliphatic rings. The fraction of sp³-hybridized carbons (Fsp3) is 0.318. The van der Waals surface area contributed by atoms with Crippen molar-refractivity contribution in [3.8, 4) is 0 Å². The smallest absolute Gasteiger partial charge is 0.338 e. The normalized spacial score (nSPS) is 14.4. The zero-order valence-corrected chi connectivity index (χ0v) is 17.3. The van der Waals surface area contributed by atoms with Crippen LogP contribution >= 0.6 is 0 Å². The van der Waals surface area contributed by atoms with Gasteiger partial charge in [0, 0.05) is 31.0 Å². The molecule has 1 heterocycles. The van der Waals surface area contributed by atoms with Crippen LogP contribution in [0.5, 0.6) is 0 Å². The Kier molecular flexibility index (Phi) is 7.45. The molecule has 0 radical (unpaired) electrons. The fourth-order valence-electron chi connectivity index (χ4n) is 3.05. The molecule has 0 spiro atoms. The Hall–Kier alpha value is -3.59. The average Bonchev–Trinajstić information content (AvgIpc) is 2.79. The van der Waals surface area contributed by atoms with Crippen LogP contribution in [-0.2, 0) is 20.8 Å². The maximum atomic E-state index is 12.4. The molecular formula is C22H26N4O5. The number of esters is 1. The Morgan fingerprint density at radius 3 is 2.32 bits per heavy atom. The first-order valence-corrected chi connectivity index (χ1v) is 9.99. The van der Waals surface area contributed by atoms with Gasteiger partial charge in [-0.15, -0.1) is 0 Å². The molecule has 2 aromatic carbocycles. The van der Waals surface area contributed by atoms with Crippen molar-refractivity contribution >= 4 is 29.3 Å². The molecule has 1 atom stereocenters. The van der Waals surface area contributed by atoms with Gasteiger partial charge in [-0.1, -0.05) is 12.1 Å². The van der Waals surface area contributed by atoms with Gasteiger partial charge in [-0.3, -0.25) is 4.79 Å². The van der Waals surface area contributed by atoms with Crippen molar-refractivity contribution < 1.29 is 23.9 Å². The van der Waals surface area contributed by atoms with E-state index in [1.54, 1.807) is 24.3 Å². The molecule has 9 heteroatoms. The molecule has 0 aromatic heterocycles. The van der Waals surface area contributed by atoms with E-state index in [1.165, 1.54) is 6.92 Å². The number of amides is 3. The van der Waals surface area contributed by atoms with Gasteiger partial charge >= 0.3 is 12.0 Å². The molecule has 4 N–H and O–H groups in total. The van der Waals surface area contributed by atoms with E-state index in [0.717, 1.165) is 24.3 Å². The zero-order valence-electron chi connectivity index (χ0n) is 17.3. The van der Waals surface area contributed by atoms with Crippen LogP contribution in [0.2, 0.25) is 0 Å². The molecule has 0 saturated carbocycles. The maximum absolute atomic E-state index is 12.4. The Balaban J connectivity index is 1.50. The van der Waals surface area contributed by atoms with Crippen molar-refractivity contribution in [3.05, 3.63) is 59.7 Å². The predicted octanol–water partition coefficient (Wildman–Crippen LogP) is 1.88. The van der Waals surface area contributed by atoms with E-state index in [-0.39, 0.29) is 6.54 Å². The van der Waals surface area contributed by atoms with E-state index < -0.39 is 24.0 Å². The number of carbonyl (C=O) groups excluding carboxylic acids is 3. The standard InChI is InChI=1S/C22H26N4O5/c1-15(31-21(28)17-4-2-16(3-5-17)14-24-22(23)29)20(27)25-18-6-8-19(9-7-18)26-10-12-30-13-11-26/h2-9,15H,10-14H2,1H3,(H,25,27)(H3,23,24,29). The number of urea groups is 1. The highest BCUT2D eigenvalue weighted by atomic mass is 16.5. The van der Waals surface area contributed by atoms with Crippen LogP contribution in [0.25, 0.3) is 0 Å². The van der Waals surface area contributed by atoms with Gasteiger partial charge in [0.15, 0.2) is 6.10 Å². The zero-order chi connectivity index (χ0) is 22.2.